The van der Waals surface area contributed by atoms with Crippen LogP contribution in [0.25, 0.3) is 0 Å². The molecular weight excluding hydrogens is 470 g/mol. The van der Waals surface area contributed by atoms with Crippen molar-refractivity contribution in [2.24, 2.45) is 0 Å². The van der Waals surface area contributed by atoms with Gasteiger partial charge in [-0.25, -0.2) is 8.42 Å². The fourth-order valence-corrected chi connectivity index (χ4v) is 4.81. The molecule has 0 saturated heterocycles. The van der Waals surface area contributed by atoms with Gasteiger partial charge in [-0.3, -0.25) is 14.8 Å². The molecule has 0 aromatic heterocycles. The Bertz CT molecular complexity index is 1330. The van der Waals surface area contributed by atoms with Gasteiger partial charge in [-0.15, -0.1) is 0 Å². The number of hydrogen-bond donors (Lipinski definition) is 3. The lowest BCUT2D eigenvalue weighted by Crippen LogP contribution is -2.34. The Kier molecular flexibility index (Phi) is 7.58. The molecule has 1 amide bonds. The summed E-state index contributed by atoms with van der Waals surface area (Å²) in [5.74, 6) is 0.242. The largest absolute Gasteiger partial charge is 0.496 e. The summed E-state index contributed by atoms with van der Waals surface area (Å²) in [6.07, 6.45) is 0. The second-order valence-electron chi connectivity index (χ2n) is 7.93. The summed E-state index contributed by atoms with van der Waals surface area (Å²) >= 11 is 5.25. The fourth-order valence-electron chi connectivity index (χ4n) is 3.39. The van der Waals surface area contributed by atoms with Crippen LogP contribution in [0.15, 0.2) is 59.5 Å². The van der Waals surface area contributed by atoms with Crippen LogP contribution in [-0.2, 0) is 10.0 Å². The van der Waals surface area contributed by atoms with Crippen LogP contribution in [-0.4, -0.2) is 26.5 Å². The van der Waals surface area contributed by atoms with Crippen LogP contribution in [0.1, 0.15) is 32.6 Å². The maximum absolute atomic E-state index is 12.8. The molecular formula is C25H27N3O4S2. The van der Waals surface area contributed by atoms with E-state index >= 15 is 0 Å². The van der Waals surface area contributed by atoms with Gasteiger partial charge in [-0.2, -0.15) is 0 Å². The van der Waals surface area contributed by atoms with E-state index in [9.17, 15) is 13.2 Å². The number of nitrogens with one attached hydrogen (secondary N) is 3. The summed E-state index contributed by atoms with van der Waals surface area (Å²) in [5.41, 5.74) is 5.08. The van der Waals surface area contributed by atoms with E-state index in [1.165, 1.54) is 12.1 Å². The highest BCUT2D eigenvalue weighted by Crippen LogP contribution is 2.25. The molecule has 3 N–H and O–H groups in total. The maximum Gasteiger partial charge on any atom is 0.261 e. The number of aryl methyl sites for hydroxylation is 3. The molecule has 0 spiro atoms. The molecule has 0 aliphatic heterocycles. The molecule has 0 unspecified atom stereocenters. The summed E-state index contributed by atoms with van der Waals surface area (Å²) in [4.78, 5) is 12.7. The third-order valence-corrected chi connectivity index (χ3v) is 7.04. The molecule has 0 atom stereocenters. The Hall–Kier alpha value is -3.43. The number of amides is 1. The summed E-state index contributed by atoms with van der Waals surface area (Å²) in [6, 6.07) is 15.1. The molecule has 0 bridgehead atoms. The van der Waals surface area contributed by atoms with Crippen molar-refractivity contribution in [3.05, 3.63) is 82.4 Å². The van der Waals surface area contributed by atoms with Crippen molar-refractivity contribution < 1.29 is 17.9 Å². The van der Waals surface area contributed by atoms with Gasteiger partial charge >= 0.3 is 0 Å². The molecule has 34 heavy (non-hydrogen) atoms. The molecule has 0 saturated carbocycles. The second-order valence-corrected chi connectivity index (χ2v) is 10.0. The number of thiocarbonyl (C=S) groups is 1. The topological polar surface area (TPSA) is 96.5 Å². The first kappa shape index (κ1) is 25.2. The zero-order chi connectivity index (χ0) is 25.0. The van der Waals surface area contributed by atoms with E-state index in [0.717, 1.165) is 22.3 Å². The zero-order valence-corrected chi connectivity index (χ0v) is 21.3. The van der Waals surface area contributed by atoms with Crippen molar-refractivity contribution in [1.82, 2.24) is 5.32 Å². The van der Waals surface area contributed by atoms with Gasteiger partial charge in [0.25, 0.3) is 15.9 Å². The molecule has 7 nitrogen and oxygen atoms in total. The van der Waals surface area contributed by atoms with Gasteiger partial charge in [0.15, 0.2) is 5.11 Å². The van der Waals surface area contributed by atoms with Gasteiger partial charge in [-0.1, -0.05) is 18.2 Å². The van der Waals surface area contributed by atoms with E-state index in [0.29, 0.717) is 22.7 Å². The normalized spacial score (nSPS) is 11.0. The Morgan fingerprint density at radius 3 is 2.12 bits per heavy atom. The van der Waals surface area contributed by atoms with Gasteiger partial charge in [0.05, 0.1) is 17.7 Å². The average molecular weight is 498 g/mol. The van der Waals surface area contributed by atoms with E-state index in [2.05, 4.69) is 15.4 Å². The predicted molar refractivity (Wildman–Crippen MR) is 139 cm³/mol. The standard InChI is InChI=1S/C25H27N3O4S2/c1-15-7-6-8-16(2)23(15)28-34(30,31)21-11-9-20(10-12-21)26-25(33)27-24(29)19-13-17(3)18(4)22(14-19)32-5/h6-14,28H,1-5H3,(H2,26,27,29,33). The lowest BCUT2D eigenvalue weighted by atomic mass is 10.0. The minimum Gasteiger partial charge on any atom is -0.496 e. The van der Waals surface area contributed by atoms with Crippen LogP contribution in [0.4, 0.5) is 11.4 Å². The summed E-state index contributed by atoms with van der Waals surface area (Å²) in [5, 5.41) is 5.61. The first-order valence-electron chi connectivity index (χ1n) is 10.5. The Morgan fingerprint density at radius 2 is 1.53 bits per heavy atom. The number of anilines is 2. The summed E-state index contributed by atoms with van der Waals surface area (Å²) in [7, 11) is -2.21. The molecule has 0 radical (unpaired) electrons. The van der Waals surface area contributed by atoms with Gasteiger partial charge in [0.2, 0.25) is 0 Å². The van der Waals surface area contributed by atoms with Crippen LogP contribution in [0.3, 0.4) is 0 Å². The number of para-hydroxylation sites is 1. The van der Waals surface area contributed by atoms with Gasteiger partial charge < -0.3 is 10.1 Å². The number of sulfonamides is 1. The second kappa shape index (κ2) is 10.2. The highest BCUT2D eigenvalue weighted by molar-refractivity contribution is 7.92. The first-order chi connectivity index (χ1) is 16.0. The molecule has 3 aromatic carbocycles. The first-order valence-corrected chi connectivity index (χ1v) is 12.4. The van der Waals surface area contributed by atoms with E-state index in [1.54, 1.807) is 31.4 Å². The highest BCUT2D eigenvalue weighted by atomic mass is 32.2. The summed E-state index contributed by atoms with van der Waals surface area (Å²) in [6.45, 7) is 7.52. The molecule has 0 aliphatic carbocycles. The van der Waals surface area contributed by atoms with Gasteiger partial charge in [-0.05, 0) is 98.6 Å². The van der Waals surface area contributed by atoms with E-state index in [4.69, 9.17) is 17.0 Å². The number of methoxy groups -OCH3 is 1. The Balaban J connectivity index is 1.68. The van der Waals surface area contributed by atoms with Crippen LogP contribution in [0, 0.1) is 27.7 Å². The maximum atomic E-state index is 12.8. The molecule has 0 heterocycles. The lowest BCUT2D eigenvalue weighted by Gasteiger charge is -2.14. The third-order valence-electron chi connectivity index (χ3n) is 5.47. The molecule has 178 valence electrons. The quantitative estimate of drug-likeness (QED) is 0.421. The van der Waals surface area contributed by atoms with Gasteiger partial charge in [0, 0.05) is 11.3 Å². The van der Waals surface area contributed by atoms with Crippen molar-refractivity contribution in [3.63, 3.8) is 0 Å². The SMILES string of the molecule is COc1cc(C(=O)NC(=S)Nc2ccc(S(=O)(=O)Nc3c(C)cccc3C)cc2)cc(C)c1C. The van der Waals surface area contributed by atoms with E-state index in [-0.39, 0.29) is 15.9 Å². The molecule has 0 fully saturated rings. The summed E-state index contributed by atoms with van der Waals surface area (Å²) < 4.78 is 33.6. The lowest BCUT2D eigenvalue weighted by molar-refractivity contribution is 0.0977. The van der Waals surface area contributed by atoms with Crippen LogP contribution in [0.2, 0.25) is 0 Å². The number of rotatable bonds is 6. The molecule has 0 aliphatic rings. The van der Waals surface area contributed by atoms with Crippen molar-refractivity contribution in [1.29, 1.82) is 0 Å². The molecule has 9 heteroatoms. The van der Waals surface area contributed by atoms with Crippen molar-refractivity contribution in [3.8, 4) is 5.75 Å². The van der Waals surface area contributed by atoms with Gasteiger partial charge in [0.1, 0.15) is 5.75 Å². The smallest absolute Gasteiger partial charge is 0.261 e. The van der Waals surface area contributed by atoms with Crippen LogP contribution >= 0.6 is 12.2 Å². The number of benzene rings is 3. The zero-order valence-electron chi connectivity index (χ0n) is 19.6. The monoisotopic (exact) mass is 497 g/mol. The van der Waals surface area contributed by atoms with Crippen molar-refractivity contribution >= 4 is 44.6 Å². The third kappa shape index (κ3) is 5.73. The number of carbonyl (C=O) groups is 1. The van der Waals surface area contributed by atoms with E-state index < -0.39 is 10.0 Å². The van der Waals surface area contributed by atoms with Crippen LogP contribution in [0.5, 0.6) is 5.75 Å². The fraction of sp³-hybridized carbons (Fsp3) is 0.200. The van der Waals surface area contributed by atoms with Crippen LogP contribution < -0.4 is 20.1 Å². The van der Waals surface area contributed by atoms with E-state index in [1.807, 2.05) is 45.9 Å². The number of ether oxygens (including phenoxy) is 1. The number of carbonyl (C=O) groups excluding carboxylic acids is 1. The van der Waals surface area contributed by atoms with Crippen molar-refractivity contribution in [2.75, 3.05) is 17.1 Å². The predicted octanol–water partition coefficient (Wildman–Crippen LogP) is 4.86. The van der Waals surface area contributed by atoms with Crippen molar-refractivity contribution in [2.45, 2.75) is 32.6 Å². The Morgan fingerprint density at radius 1 is 0.912 bits per heavy atom. The molecule has 3 rings (SSSR count). The number of hydrogen-bond acceptors (Lipinski definition) is 5. The highest BCUT2D eigenvalue weighted by Gasteiger charge is 2.17. The minimum absolute atomic E-state index is 0.0893. The Labute approximate surface area is 205 Å². The average Bonchev–Trinajstić information content (AvgIpc) is 2.78. The minimum atomic E-state index is -3.77. The molecule has 3 aromatic rings.